The van der Waals surface area contributed by atoms with Crippen molar-refractivity contribution in [1.82, 2.24) is 0 Å². The van der Waals surface area contributed by atoms with Gasteiger partial charge in [-0.3, -0.25) is 14.9 Å². The van der Waals surface area contributed by atoms with Crippen molar-refractivity contribution < 1.29 is 14.8 Å². The van der Waals surface area contributed by atoms with Crippen LogP contribution >= 0.6 is 0 Å². The number of hydrogen-bond donors (Lipinski definition) is 1. The number of rotatable bonds is 6. The minimum absolute atomic E-state index is 0.0345. The Balaban J connectivity index is 2.93. The molecular weight excluding hydrogens is 246 g/mol. The van der Waals surface area contributed by atoms with Gasteiger partial charge >= 0.3 is 5.97 Å². The average molecular weight is 265 g/mol. The van der Waals surface area contributed by atoms with Gasteiger partial charge in [-0.1, -0.05) is 32.0 Å². The summed E-state index contributed by atoms with van der Waals surface area (Å²) < 4.78 is 0. The Morgan fingerprint density at radius 1 is 1.42 bits per heavy atom. The van der Waals surface area contributed by atoms with Gasteiger partial charge in [0.05, 0.1) is 10.3 Å². The van der Waals surface area contributed by atoms with E-state index in [1.165, 1.54) is 6.07 Å². The fourth-order valence-electron chi connectivity index (χ4n) is 1.94. The standard InChI is InChI=1S/C14H19NO4/c1-10(2)14(3,13(16)17)9-8-11-6-4-5-7-12(11)15(18)19/h4-7,10H,8-9H2,1-3H3,(H,16,17). The van der Waals surface area contributed by atoms with Crippen molar-refractivity contribution >= 4 is 11.7 Å². The lowest BCUT2D eigenvalue weighted by Gasteiger charge is -2.28. The van der Waals surface area contributed by atoms with Gasteiger partial charge in [0.25, 0.3) is 5.69 Å². The van der Waals surface area contributed by atoms with Gasteiger partial charge in [0, 0.05) is 11.6 Å². The zero-order valence-electron chi connectivity index (χ0n) is 11.4. The lowest BCUT2D eigenvalue weighted by Crippen LogP contribution is -2.33. The maximum atomic E-state index is 11.4. The topological polar surface area (TPSA) is 80.4 Å². The van der Waals surface area contributed by atoms with Crippen LogP contribution < -0.4 is 0 Å². The zero-order chi connectivity index (χ0) is 14.6. The molecule has 0 saturated heterocycles. The number of nitro groups is 1. The molecule has 1 N–H and O–H groups in total. The van der Waals surface area contributed by atoms with Crippen LogP contribution in [0, 0.1) is 21.4 Å². The molecule has 0 saturated carbocycles. The van der Waals surface area contributed by atoms with Crippen molar-refractivity contribution in [2.75, 3.05) is 0 Å². The summed E-state index contributed by atoms with van der Waals surface area (Å²) in [5.41, 5.74) is -0.233. The Kier molecular flexibility index (Phi) is 4.64. The summed E-state index contributed by atoms with van der Waals surface area (Å²) in [5.74, 6) is -0.895. The number of para-hydroxylation sites is 1. The van der Waals surface area contributed by atoms with Gasteiger partial charge in [0.15, 0.2) is 0 Å². The first-order valence-corrected chi connectivity index (χ1v) is 6.24. The van der Waals surface area contributed by atoms with Crippen LogP contribution in [0.5, 0.6) is 0 Å². The molecule has 5 heteroatoms. The highest BCUT2D eigenvalue weighted by atomic mass is 16.6. The minimum Gasteiger partial charge on any atom is -0.481 e. The van der Waals surface area contributed by atoms with Crippen molar-refractivity contribution in [2.24, 2.45) is 11.3 Å². The van der Waals surface area contributed by atoms with Crippen LogP contribution in [0.1, 0.15) is 32.8 Å². The monoisotopic (exact) mass is 265 g/mol. The second kappa shape index (κ2) is 5.82. The molecule has 0 aliphatic carbocycles. The van der Waals surface area contributed by atoms with E-state index in [9.17, 15) is 20.0 Å². The summed E-state index contributed by atoms with van der Waals surface area (Å²) in [6.07, 6.45) is 0.767. The number of carbonyl (C=O) groups is 1. The third-order valence-corrected chi connectivity index (χ3v) is 3.86. The van der Waals surface area contributed by atoms with E-state index >= 15 is 0 Å². The normalized spacial score (nSPS) is 14.1. The van der Waals surface area contributed by atoms with E-state index in [0.29, 0.717) is 18.4 Å². The van der Waals surface area contributed by atoms with Crippen LogP contribution in [0.25, 0.3) is 0 Å². The third-order valence-electron chi connectivity index (χ3n) is 3.86. The molecule has 0 spiro atoms. The first kappa shape index (κ1) is 15.1. The third kappa shape index (κ3) is 3.30. The highest BCUT2D eigenvalue weighted by molar-refractivity contribution is 5.74. The number of nitro benzene ring substituents is 1. The number of benzene rings is 1. The van der Waals surface area contributed by atoms with Crippen molar-refractivity contribution in [2.45, 2.75) is 33.6 Å². The van der Waals surface area contributed by atoms with Gasteiger partial charge in [0.2, 0.25) is 0 Å². The SMILES string of the molecule is CC(C)C(C)(CCc1ccccc1[N+](=O)[O-])C(=O)O. The summed E-state index contributed by atoms with van der Waals surface area (Å²) in [6, 6.07) is 6.47. The molecule has 1 atom stereocenters. The molecule has 5 nitrogen and oxygen atoms in total. The summed E-state index contributed by atoms with van der Waals surface area (Å²) in [5, 5.41) is 20.2. The molecule has 0 fully saturated rings. The Morgan fingerprint density at radius 2 is 2.00 bits per heavy atom. The molecule has 1 unspecified atom stereocenters. The molecular formula is C14H19NO4. The second-order valence-electron chi connectivity index (χ2n) is 5.26. The number of carboxylic acids is 1. The Labute approximate surface area is 112 Å². The summed E-state index contributed by atoms with van der Waals surface area (Å²) in [4.78, 5) is 21.8. The Morgan fingerprint density at radius 3 is 2.47 bits per heavy atom. The predicted octanol–water partition coefficient (Wildman–Crippen LogP) is 3.27. The van der Waals surface area contributed by atoms with E-state index in [0.717, 1.165) is 0 Å². The number of nitrogens with zero attached hydrogens (tertiary/aromatic N) is 1. The highest BCUT2D eigenvalue weighted by Gasteiger charge is 2.36. The van der Waals surface area contributed by atoms with E-state index < -0.39 is 16.3 Å². The molecule has 19 heavy (non-hydrogen) atoms. The van der Waals surface area contributed by atoms with Crippen LogP contribution in [0.4, 0.5) is 5.69 Å². The second-order valence-corrected chi connectivity index (χ2v) is 5.26. The molecule has 0 aliphatic heterocycles. The van der Waals surface area contributed by atoms with E-state index in [-0.39, 0.29) is 11.6 Å². The number of carboxylic acid groups (broad SMARTS) is 1. The first-order valence-electron chi connectivity index (χ1n) is 6.24. The predicted molar refractivity (Wildman–Crippen MR) is 72.0 cm³/mol. The summed E-state index contributed by atoms with van der Waals surface area (Å²) >= 11 is 0. The number of aliphatic carboxylic acids is 1. The largest absolute Gasteiger partial charge is 0.481 e. The van der Waals surface area contributed by atoms with E-state index in [1.54, 1.807) is 25.1 Å². The molecule has 1 aromatic rings. The van der Waals surface area contributed by atoms with E-state index in [1.807, 2.05) is 13.8 Å². The minimum atomic E-state index is -0.871. The fourth-order valence-corrected chi connectivity index (χ4v) is 1.94. The van der Waals surface area contributed by atoms with Gasteiger partial charge < -0.3 is 5.11 Å². The molecule has 0 bridgehead atoms. The van der Waals surface area contributed by atoms with Gasteiger partial charge in [-0.15, -0.1) is 0 Å². The smallest absolute Gasteiger partial charge is 0.309 e. The molecule has 1 rings (SSSR count). The Bertz CT molecular complexity index is 484. The van der Waals surface area contributed by atoms with Crippen molar-refractivity contribution in [3.63, 3.8) is 0 Å². The zero-order valence-corrected chi connectivity index (χ0v) is 11.4. The maximum Gasteiger partial charge on any atom is 0.309 e. The molecule has 104 valence electrons. The lowest BCUT2D eigenvalue weighted by molar-refractivity contribution is -0.385. The van der Waals surface area contributed by atoms with Crippen LogP contribution in [0.2, 0.25) is 0 Å². The molecule has 0 amide bonds. The van der Waals surface area contributed by atoms with Gasteiger partial charge in [0.1, 0.15) is 0 Å². The molecule has 0 heterocycles. The van der Waals surface area contributed by atoms with Gasteiger partial charge in [-0.05, 0) is 25.7 Å². The van der Waals surface area contributed by atoms with Gasteiger partial charge in [-0.25, -0.2) is 0 Å². The van der Waals surface area contributed by atoms with Crippen LogP contribution in [-0.2, 0) is 11.2 Å². The van der Waals surface area contributed by atoms with E-state index in [4.69, 9.17) is 0 Å². The summed E-state index contributed by atoms with van der Waals surface area (Å²) in [7, 11) is 0. The average Bonchev–Trinajstić information content (AvgIpc) is 2.35. The number of aryl methyl sites for hydroxylation is 1. The maximum absolute atomic E-state index is 11.4. The van der Waals surface area contributed by atoms with Crippen LogP contribution in [0.3, 0.4) is 0 Å². The molecule has 1 aromatic carbocycles. The number of hydrogen-bond acceptors (Lipinski definition) is 3. The lowest BCUT2D eigenvalue weighted by atomic mass is 9.75. The first-order chi connectivity index (χ1) is 8.79. The van der Waals surface area contributed by atoms with E-state index in [2.05, 4.69) is 0 Å². The Hall–Kier alpha value is -1.91. The molecule has 0 aromatic heterocycles. The van der Waals surface area contributed by atoms with Gasteiger partial charge in [-0.2, -0.15) is 0 Å². The van der Waals surface area contributed by atoms with Crippen molar-refractivity contribution in [3.05, 3.63) is 39.9 Å². The van der Waals surface area contributed by atoms with Crippen molar-refractivity contribution in [1.29, 1.82) is 0 Å². The summed E-state index contributed by atoms with van der Waals surface area (Å²) in [6.45, 7) is 5.40. The van der Waals surface area contributed by atoms with Crippen LogP contribution in [0.15, 0.2) is 24.3 Å². The highest BCUT2D eigenvalue weighted by Crippen LogP contribution is 2.34. The quantitative estimate of drug-likeness (QED) is 0.632. The van der Waals surface area contributed by atoms with Crippen LogP contribution in [-0.4, -0.2) is 16.0 Å². The molecule has 0 aliphatic rings. The van der Waals surface area contributed by atoms with Crippen molar-refractivity contribution in [3.8, 4) is 0 Å². The molecule has 0 radical (unpaired) electrons. The fraction of sp³-hybridized carbons (Fsp3) is 0.500.